The Morgan fingerprint density at radius 3 is 2.84 bits per heavy atom. The highest BCUT2D eigenvalue weighted by Gasteiger charge is 2.26. The van der Waals surface area contributed by atoms with Crippen LogP contribution < -0.4 is 10.6 Å². The second kappa shape index (κ2) is 4.43. The van der Waals surface area contributed by atoms with Gasteiger partial charge in [-0.3, -0.25) is 4.79 Å². The van der Waals surface area contributed by atoms with Crippen molar-refractivity contribution in [3.8, 4) is 0 Å². The largest absolute Gasteiger partial charge is 0.398 e. The van der Waals surface area contributed by atoms with Gasteiger partial charge in [-0.25, -0.2) is 0 Å². The van der Waals surface area contributed by atoms with Gasteiger partial charge in [-0.2, -0.15) is 0 Å². The van der Waals surface area contributed by atoms with Crippen LogP contribution in [0.1, 0.15) is 21.5 Å². The molecular weight excluding hydrogens is 236 g/mol. The van der Waals surface area contributed by atoms with Crippen LogP contribution in [0.25, 0.3) is 0 Å². The number of anilines is 2. The smallest absolute Gasteiger partial charge is 0.260 e. The molecule has 96 valence electrons. The summed E-state index contributed by atoms with van der Waals surface area (Å²) in [6.07, 6.45) is 0.910. The highest BCUT2D eigenvalue weighted by molar-refractivity contribution is 6.10. The van der Waals surface area contributed by atoms with Crippen molar-refractivity contribution in [3.63, 3.8) is 0 Å². The number of hydrogen-bond donors (Lipinski definition) is 1. The van der Waals surface area contributed by atoms with Crippen molar-refractivity contribution >= 4 is 17.3 Å². The van der Waals surface area contributed by atoms with Gasteiger partial charge in [0.25, 0.3) is 5.91 Å². The molecule has 0 aromatic heterocycles. The van der Waals surface area contributed by atoms with Crippen molar-refractivity contribution in [1.29, 1.82) is 0 Å². The highest BCUT2D eigenvalue weighted by atomic mass is 16.2. The van der Waals surface area contributed by atoms with E-state index in [-0.39, 0.29) is 5.91 Å². The number of para-hydroxylation sites is 1. The lowest BCUT2D eigenvalue weighted by Crippen LogP contribution is -2.29. The second-order valence-electron chi connectivity index (χ2n) is 4.93. The van der Waals surface area contributed by atoms with Gasteiger partial charge >= 0.3 is 0 Å². The first-order valence-electron chi connectivity index (χ1n) is 6.43. The minimum Gasteiger partial charge on any atom is -0.398 e. The fraction of sp³-hybridized carbons (Fsp3) is 0.188. The summed E-state index contributed by atoms with van der Waals surface area (Å²) in [6, 6.07) is 13.6. The predicted octanol–water partition coefficient (Wildman–Crippen LogP) is 2.78. The van der Waals surface area contributed by atoms with Gasteiger partial charge in [-0.05, 0) is 37.1 Å². The normalized spacial score (nSPS) is 13.4. The molecule has 0 atom stereocenters. The third kappa shape index (κ3) is 1.97. The van der Waals surface area contributed by atoms with E-state index >= 15 is 0 Å². The Hall–Kier alpha value is -2.29. The molecule has 3 rings (SSSR count). The van der Waals surface area contributed by atoms with E-state index in [0.29, 0.717) is 11.3 Å². The van der Waals surface area contributed by atoms with Gasteiger partial charge in [-0.15, -0.1) is 0 Å². The van der Waals surface area contributed by atoms with Gasteiger partial charge in [0.05, 0.1) is 5.56 Å². The van der Waals surface area contributed by atoms with Gasteiger partial charge in [0.1, 0.15) is 0 Å². The number of aryl methyl sites for hydroxylation is 1. The second-order valence-corrected chi connectivity index (χ2v) is 4.93. The zero-order valence-corrected chi connectivity index (χ0v) is 10.9. The molecular formula is C16H16N2O. The van der Waals surface area contributed by atoms with Crippen molar-refractivity contribution in [2.75, 3.05) is 17.2 Å². The van der Waals surface area contributed by atoms with Gasteiger partial charge in [-0.1, -0.05) is 29.8 Å². The van der Waals surface area contributed by atoms with E-state index in [9.17, 15) is 4.79 Å². The molecule has 3 heteroatoms. The molecule has 2 aromatic rings. The van der Waals surface area contributed by atoms with Crippen LogP contribution in [0.5, 0.6) is 0 Å². The zero-order valence-electron chi connectivity index (χ0n) is 10.9. The van der Waals surface area contributed by atoms with E-state index in [2.05, 4.69) is 6.07 Å². The summed E-state index contributed by atoms with van der Waals surface area (Å²) in [5, 5.41) is 0. The molecule has 0 unspecified atom stereocenters. The van der Waals surface area contributed by atoms with E-state index < -0.39 is 0 Å². The number of nitrogens with zero attached hydrogens (tertiary/aromatic N) is 1. The lowest BCUT2D eigenvalue weighted by Gasteiger charge is -2.18. The van der Waals surface area contributed by atoms with E-state index in [1.807, 2.05) is 42.2 Å². The monoisotopic (exact) mass is 252 g/mol. The molecule has 2 aromatic carbocycles. The summed E-state index contributed by atoms with van der Waals surface area (Å²) in [5.41, 5.74) is 10.3. The summed E-state index contributed by atoms with van der Waals surface area (Å²) < 4.78 is 0. The molecule has 1 amide bonds. The summed E-state index contributed by atoms with van der Waals surface area (Å²) in [6.45, 7) is 2.69. The standard InChI is InChI=1S/C16H16N2O/c1-11-6-7-14(17)13(10-11)16(19)18-9-8-12-4-2-3-5-15(12)18/h2-7,10H,8-9,17H2,1H3. The molecule has 1 heterocycles. The molecule has 19 heavy (non-hydrogen) atoms. The molecule has 0 spiro atoms. The van der Waals surface area contributed by atoms with Gasteiger partial charge in [0, 0.05) is 17.9 Å². The quantitative estimate of drug-likeness (QED) is 0.793. The Morgan fingerprint density at radius 2 is 2.00 bits per heavy atom. The van der Waals surface area contributed by atoms with E-state index in [4.69, 9.17) is 5.73 Å². The Labute approximate surface area is 112 Å². The summed E-state index contributed by atoms with van der Waals surface area (Å²) >= 11 is 0. The predicted molar refractivity (Wildman–Crippen MR) is 77.4 cm³/mol. The molecule has 0 radical (unpaired) electrons. The van der Waals surface area contributed by atoms with Gasteiger partial charge in [0.15, 0.2) is 0 Å². The number of carbonyl (C=O) groups is 1. The molecule has 1 aliphatic heterocycles. The molecule has 3 nitrogen and oxygen atoms in total. The van der Waals surface area contributed by atoms with Crippen LogP contribution in [0.3, 0.4) is 0 Å². The molecule has 0 bridgehead atoms. The first-order valence-corrected chi connectivity index (χ1v) is 6.43. The number of carbonyl (C=O) groups excluding carboxylic acids is 1. The molecule has 0 saturated carbocycles. The lowest BCUT2D eigenvalue weighted by atomic mass is 10.1. The molecule has 2 N–H and O–H groups in total. The number of fused-ring (bicyclic) bond motifs is 1. The third-order valence-electron chi connectivity index (χ3n) is 3.57. The van der Waals surface area contributed by atoms with E-state index in [1.165, 1.54) is 5.56 Å². The first kappa shape index (κ1) is 11.8. The number of benzene rings is 2. The zero-order chi connectivity index (χ0) is 13.4. The fourth-order valence-corrected chi connectivity index (χ4v) is 2.55. The number of rotatable bonds is 1. The van der Waals surface area contributed by atoms with Crippen LogP contribution in [0.15, 0.2) is 42.5 Å². The Bertz CT molecular complexity index is 649. The van der Waals surface area contributed by atoms with E-state index in [0.717, 1.165) is 24.2 Å². The van der Waals surface area contributed by atoms with Crippen LogP contribution >= 0.6 is 0 Å². The van der Waals surface area contributed by atoms with Gasteiger partial charge < -0.3 is 10.6 Å². The van der Waals surface area contributed by atoms with Crippen LogP contribution in [0, 0.1) is 6.92 Å². The van der Waals surface area contributed by atoms with Gasteiger partial charge in [0.2, 0.25) is 0 Å². The van der Waals surface area contributed by atoms with Crippen molar-refractivity contribution in [3.05, 3.63) is 59.2 Å². The Balaban J connectivity index is 2.00. The number of hydrogen-bond acceptors (Lipinski definition) is 2. The maximum atomic E-state index is 12.6. The maximum absolute atomic E-state index is 12.6. The molecule has 0 aliphatic carbocycles. The third-order valence-corrected chi connectivity index (χ3v) is 3.57. The highest BCUT2D eigenvalue weighted by Crippen LogP contribution is 2.30. The Morgan fingerprint density at radius 1 is 1.21 bits per heavy atom. The number of amides is 1. The lowest BCUT2D eigenvalue weighted by molar-refractivity contribution is 0.0990. The van der Waals surface area contributed by atoms with Crippen LogP contribution in [-0.2, 0) is 6.42 Å². The van der Waals surface area contributed by atoms with Crippen molar-refractivity contribution in [2.45, 2.75) is 13.3 Å². The number of nitrogen functional groups attached to an aromatic ring is 1. The Kier molecular flexibility index (Phi) is 2.75. The number of nitrogens with two attached hydrogens (primary N) is 1. The van der Waals surface area contributed by atoms with Crippen LogP contribution in [0.4, 0.5) is 11.4 Å². The minimum atomic E-state index is -0.00819. The average Bonchev–Trinajstić information content (AvgIpc) is 2.84. The summed E-state index contributed by atoms with van der Waals surface area (Å²) in [7, 11) is 0. The average molecular weight is 252 g/mol. The first-order chi connectivity index (χ1) is 9.16. The molecule has 0 saturated heterocycles. The van der Waals surface area contributed by atoms with Crippen molar-refractivity contribution < 1.29 is 4.79 Å². The van der Waals surface area contributed by atoms with Crippen LogP contribution in [0.2, 0.25) is 0 Å². The maximum Gasteiger partial charge on any atom is 0.260 e. The van der Waals surface area contributed by atoms with Crippen molar-refractivity contribution in [1.82, 2.24) is 0 Å². The van der Waals surface area contributed by atoms with Crippen LogP contribution in [-0.4, -0.2) is 12.5 Å². The summed E-state index contributed by atoms with van der Waals surface area (Å²) in [5.74, 6) is -0.00819. The molecule has 1 aliphatic rings. The van der Waals surface area contributed by atoms with E-state index in [1.54, 1.807) is 6.07 Å². The topological polar surface area (TPSA) is 46.3 Å². The van der Waals surface area contributed by atoms with Crippen molar-refractivity contribution in [2.24, 2.45) is 0 Å². The molecule has 0 fully saturated rings. The minimum absolute atomic E-state index is 0.00819. The fourth-order valence-electron chi connectivity index (χ4n) is 2.55. The SMILES string of the molecule is Cc1ccc(N)c(C(=O)N2CCc3ccccc32)c1. The summed E-state index contributed by atoms with van der Waals surface area (Å²) in [4.78, 5) is 14.4.